The number of nitrogens with one attached hydrogen (secondary N) is 1. The lowest BCUT2D eigenvalue weighted by Gasteiger charge is -2.34. The summed E-state index contributed by atoms with van der Waals surface area (Å²) in [5.41, 5.74) is 5.63. The third kappa shape index (κ3) is 4.89. The van der Waals surface area contributed by atoms with Crippen LogP contribution in [0.5, 0.6) is 0 Å². The van der Waals surface area contributed by atoms with Crippen molar-refractivity contribution in [2.24, 2.45) is 5.73 Å². The molecule has 0 saturated carbocycles. The second kappa shape index (κ2) is 9.20. The van der Waals surface area contributed by atoms with E-state index in [-0.39, 0.29) is 29.8 Å². The molecule has 1 aromatic rings. The molecular weight excluding hydrogens is 389 g/mol. The van der Waals surface area contributed by atoms with E-state index in [2.05, 4.69) is 21.2 Å². The molecule has 1 saturated heterocycles. The molecule has 128 valence electrons. The Bertz CT molecular complexity index is 574. The van der Waals surface area contributed by atoms with Crippen LogP contribution in [0.15, 0.2) is 22.7 Å². The molecule has 0 spiro atoms. The number of piperidine rings is 1. The van der Waals surface area contributed by atoms with Crippen molar-refractivity contribution < 1.29 is 14.0 Å². The number of carbonyl (C=O) groups is 2. The molecule has 0 aromatic heterocycles. The van der Waals surface area contributed by atoms with Crippen molar-refractivity contribution in [2.75, 3.05) is 19.6 Å². The number of rotatable bonds is 4. The van der Waals surface area contributed by atoms with E-state index in [1.807, 2.05) is 0 Å². The molecule has 1 aliphatic heterocycles. The molecule has 1 aliphatic rings. The summed E-state index contributed by atoms with van der Waals surface area (Å²) in [7, 11) is 0. The zero-order valence-corrected chi connectivity index (χ0v) is 15.0. The van der Waals surface area contributed by atoms with Crippen molar-refractivity contribution in [1.82, 2.24) is 10.2 Å². The van der Waals surface area contributed by atoms with E-state index in [0.29, 0.717) is 30.5 Å². The van der Waals surface area contributed by atoms with Crippen molar-refractivity contribution in [3.63, 3.8) is 0 Å². The molecule has 1 heterocycles. The van der Waals surface area contributed by atoms with Crippen molar-refractivity contribution in [3.05, 3.63) is 34.1 Å². The summed E-state index contributed by atoms with van der Waals surface area (Å²) in [4.78, 5) is 26.3. The molecule has 1 fully saturated rings. The van der Waals surface area contributed by atoms with Gasteiger partial charge in [-0.25, -0.2) is 4.39 Å². The molecule has 23 heavy (non-hydrogen) atoms. The Hall–Kier alpha value is -1.18. The van der Waals surface area contributed by atoms with Crippen molar-refractivity contribution in [2.45, 2.75) is 25.3 Å². The van der Waals surface area contributed by atoms with E-state index >= 15 is 0 Å². The number of carbonyl (C=O) groups excluding carboxylic acids is 2. The number of benzene rings is 1. The number of hydrogen-bond acceptors (Lipinski definition) is 3. The largest absolute Gasteiger partial charge is 0.353 e. The molecule has 5 nitrogen and oxygen atoms in total. The van der Waals surface area contributed by atoms with Gasteiger partial charge in [-0.1, -0.05) is 0 Å². The van der Waals surface area contributed by atoms with Gasteiger partial charge in [-0.2, -0.15) is 0 Å². The van der Waals surface area contributed by atoms with Gasteiger partial charge in [0.2, 0.25) is 5.91 Å². The smallest absolute Gasteiger partial charge is 0.254 e. The Kier molecular flexibility index (Phi) is 7.94. The SMILES string of the molecule is Cl.NCCNC(=O)C1CCCCN1C(=O)c1ccc(Br)c(F)c1. The van der Waals surface area contributed by atoms with Crippen LogP contribution in [-0.2, 0) is 4.79 Å². The van der Waals surface area contributed by atoms with Crippen LogP contribution < -0.4 is 11.1 Å². The Morgan fingerprint density at radius 3 is 2.78 bits per heavy atom. The molecule has 8 heteroatoms. The fraction of sp³-hybridized carbons (Fsp3) is 0.467. The van der Waals surface area contributed by atoms with Gasteiger partial charge in [0.1, 0.15) is 11.9 Å². The lowest BCUT2D eigenvalue weighted by Crippen LogP contribution is -2.52. The van der Waals surface area contributed by atoms with Gasteiger partial charge < -0.3 is 16.0 Å². The van der Waals surface area contributed by atoms with E-state index in [4.69, 9.17) is 5.73 Å². The monoisotopic (exact) mass is 407 g/mol. The highest BCUT2D eigenvalue weighted by molar-refractivity contribution is 9.10. The molecule has 3 N–H and O–H groups in total. The third-order valence-corrected chi connectivity index (χ3v) is 4.32. The first-order chi connectivity index (χ1) is 10.5. The van der Waals surface area contributed by atoms with Crippen LogP contribution in [0, 0.1) is 5.82 Å². The van der Waals surface area contributed by atoms with Gasteiger partial charge >= 0.3 is 0 Å². The average molecular weight is 409 g/mol. The fourth-order valence-electron chi connectivity index (χ4n) is 2.56. The van der Waals surface area contributed by atoms with Gasteiger partial charge in [0.05, 0.1) is 4.47 Å². The molecule has 1 aromatic carbocycles. The highest BCUT2D eigenvalue weighted by Crippen LogP contribution is 2.22. The van der Waals surface area contributed by atoms with Crippen molar-refractivity contribution >= 4 is 40.2 Å². The standard InChI is InChI=1S/C15H19BrFN3O2.ClH/c16-11-5-4-10(9-12(11)17)15(22)20-8-2-1-3-13(20)14(21)19-7-6-18;/h4-5,9,13H,1-3,6-8,18H2,(H,19,21);1H. The summed E-state index contributed by atoms with van der Waals surface area (Å²) in [5, 5.41) is 2.72. The van der Waals surface area contributed by atoms with E-state index in [1.165, 1.54) is 17.0 Å². The van der Waals surface area contributed by atoms with Gasteiger partial charge in [-0.15, -0.1) is 12.4 Å². The third-order valence-electron chi connectivity index (χ3n) is 3.68. The summed E-state index contributed by atoms with van der Waals surface area (Å²) in [6.07, 6.45) is 2.34. The summed E-state index contributed by atoms with van der Waals surface area (Å²) in [6.45, 7) is 1.23. The lowest BCUT2D eigenvalue weighted by atomic mass is 10.00. The zero-order valence-electron chi connectivity index (χ0n) is 12.6. The molecule has 1 atom stereocenters. The van der Waals surface area contributed by atoms with Gasteiger partial charge in [0.15, 0.2) is 0 Å². The number of likely N-dealkylation sites (tertiary alicyclic amines) is 1. The molecule has 2 rings (SSSR count). The predicted octanol–water partition coefficient (Wildman–Crippen LogP) is 2.08. The highest BCUT2D eigenvalue weighted by atomic mass is 79.9. The van der Waals surface area contributed by atoms with Crippen LogP contribution in [0.1, 0.15) is 29.6 Å². The fourth-order valence-corrected chi connectivity index (χ4v) is 2.80. The average Bonchev–Trinajstić information content (AvgIpc) is 2.54. The Balaban J connectivity index is 0.00000264. The second-order valence-corrected chi connectivity index (χ2v) is 6.07. The molecule has 0 radical (unpaired) electrons. The molecule has 1 unspecified atom stereocenters. The molecule has 2 amide bonds. The topological polar surface area (TPSA) is 75.4 Å². The second-order valence-electron chi connectivity index (χ2n) is 5.22. The van der Waals surface area contributed by atoms with Crippen LogP contribution >= 0.6 is 28.3 Å². The van der Waals surface area contributed by atoms with Crippen molar-refractivity contribution in [1.29, 1.82) is 0 Å². The maximum absolute atomic E-state index is 13.6. The first-order valence-corrected chi connectivity index (χ1v) is 8.07. The van der Waals surface area contributed by atoms with Gasteiger partial charge in [0.25, 0.3) is 5.91 Å². The van der Waals surface area contributed by atoms with E-state index in [0.717, 1.165) is 12.8 Å². The van der Waals surface area contributed by atoms with Crippen LogP contribution in [0.2, 0.25) is 0 Å². The number of hydrogen-bond donors (Lipinski definition) is 2. The van der Waals surface area contributed by atoms with Crippen LogP contribution in [0.3, 0.4) is 0 Å². The number of amides is 2. The Morgan fingerprint density at radius 2 is 2.13 bits per heavy atom. The number of nitrogens with two attached hydrogens (primary N) is 1. The summed E-state index contributed by atoms with van der Waals surface area (Å²) >= 11 is 3.06. The maximum Gasteiger partial charge on any atom is 0.254 e. The van der Waals surface area contributed by atoms with Gasteiger partial charge in [-0.05, 0) is 53.4 Å². The van der Waals surface area contributed by atoms with Crippen molar-refractivity contribution in [3.8, 4) is 0 Å². The Labute approximate surface area is 149 Å². The number of nitrogens with zero attached hydrogens (tertiary/aromatic N) is 1. The minimum atomic E-state index is -0.514. The molecular formula is C15H20BrClFN3O2. The van der Waals surface area contributed by atoms with Crippen LogP contribution in [0.25, 0.3) is 0 Å². The summed E-state index contributed by atoms with van der Waals surface area (Å²) in [6, 6.07) is 3.73. The molecule has 0 bridgehead atoms. The highest BCUT2D eigenvalue weighted by Gasteiger charge is 2.32. The zero-order chi connectivity index (χ0) is 16.1. The Morgan fingerprint density at radius 1 is 1.39 bits per heavy atom. The minimum absolute atomic E-state index is 0. The first kappa shape index (κ1) is 19.9. The lowest BCUT2D eigenvalue weighted by molar-refractivity contribution is -0.126. The van der Waals surface area contributed by atoms with Gasteiger partial charge in [-0.3, -0.25) is 9.59 Å². The normalized spacial score (nSPS) is 17.3. The predicted molar refractivity (Wildman–Crippen MR) is 92.1 cm³/mol. The van der Waals surface area contributed by atoms with E-state index < -0.39 is 11.9 Å². The molecule has 0 aliphatic carbocycles. The van der Waals surface area contributed by atoms with Crippen LogP contribution in [0.4, 0.5) is 4.39 Å². The number of halogens is 3. The van der Waals surface area contributed by atoms with Crippen LogP contribution in [-0.4, -0.2) is 42.4 Å². The van der Waals surface area contributed by atoms with Gasteiger partial charge in [0, 0.05) is 25.2 Å². The van der Waals surface area contributed by atoms with E-state index in [9.17, 15) is 14.0 Å². The quantitative estimate of drug-likeness (QED) is 0.801. The summed E-state index contributed by atoms with van der Waals surface area (Å²) < 4.78 is 13.9. The minimum Gasteiger partial charge on any atom is -0.353 e. The maximum atomic E-state index is 13.6. The van der Waals surface area contributed by atoms with E-state index in [1.54, 1.807) is 6.07 Å². The first-order valence-electron chi connectivity index (χ1n) is 7.28. The summed E-state index contributed by atoms with van der Waals surface area (Å²) in [5.74, 6) is -1.01.